The van der Waals surface area contributed by atoms with Crippen LogP contribution in [-0.4, -0.2) is 16.9 Å². The van der Waals surface area contributed by atoms with Crippen molar-refractivity contribution in [1.82, 2.24) is 0 Å². The van der Waals surface area contributed by atoms with Crippen LogP contribution in [0.5, 0.6) is 0 Å². The fraction of sp³-hybridized carbons (Fsp3) is 0. The standard InChI is InChI=1S/C8H7N3O3/c9-10-5-8(12)6-1-3-7(4-2-6)11(13)14/h1-5H,9H2/b10-5+. The lowest BCUT2D eigenvalue weighted by atomic mass is 10.1. The maximum Gasteiger partial charge on any atom is 0.269 e. The molecule has 1 aromatic rings. The minimum Gasteiger partial charge on any atom is -0.323 e. The van der Waals surface area contributed by atoms with Crippen LogP contribution in [0.1, 0.15) is 10.4 Å². The zero-order valence-corrected chi connectivity index (χ0v) is 7.08. The van der Waals surface area contributed by atoms with Crippen molar-refractivity contribution in [2.75, 3.05) is 0 Å². The van der Waals surface area contributed by atoms with E-state index in [0.29, 0.717) is 5.56 Å². The highest BCUT2D eigenvalue weighted by atomic mass is 16.6. The Labute approximate surface area is 79.2 Å². The maximum atomic E-state index is 11.1. The number of ketones is 1. The monoisotopic (exact) mass is 193 g/mol. The van der Waals surface area contributed by atoms with Crippen LogP contribution < -0.4 is 5.84 Å². The molecule has 0 fully saturated rings. The third kappa shape index (κ3) is 2.13. The summed E-state index contributed by atoms with van der Waals surface area (Å²) in [6.07, 6.45) is 0.946. The minimum absolute atomic E-state index is 0.0637. The van der Waals surface area contributed by atoms with Crippen molar-refractivity contribution < 1.29 is 9.72 Å². The second-order valence-corrected chi connectivity index (χ2v) is 2.45. The predicted molar refractivity (Wildman–Crippen MR) is 50.1 cm³/mol. The van der Waals surface area contributed by atoms with E-state index in [2.05, 4.69) is 5.10 Å². The van der Waals surface area contributed by atoms with Crippen molar-refractivity contribution >= 4 is 17.7 Å². The van der Waals surface area contributed by atoms with Gasteiger partial charge in [0.1, 0.15) is 0 Å². The molecule has 0 atom stereocenters. The Bertz CT molecular complexity index is 383. The lowest BCUT2D eigenvalue weighted by Gasteiger charge is -1.94. The molecule has 0 bridgehead atoms. The summed E-state index contributed by atoms with van der Waals surface area (Å²) in [5, 5.41) is 13.3. The first-order valence-corrected chi connectivity index (χ1v) is 3.67. The average Bonchev–Trinajstić information content (AvgIpc) is 2.18. The number of carbonyl (C=O) groups is 1. The Kier molecular flexibility index (Phi) is 2.90. The topological polar surface area (TPSA) is 98.6 Å². The second kappa shape index (κ2) is 4.13. The van der Waals surface area contributed by atoms with Gasteiger partial charge >= 0.3 is 0 Å². The van der Waals surface area contributed by atoms with Crippen molar-refractivity contribution in [3.8, 4) is 0 Å². The number of hydrazone groups is 1. The normalized spacial score (nSPS) is 10.3. The Morgan fingerprint density at radius 1 is 1.43 bits per heavy atom. The van der Waals surface area contributed by atoms with Crippen LogP contribution >= 0.6 is 0 Å². The highest BCUT2D eigenvalue weighted by Gasteiger charge is 2.07. The lowest BCUT2D eigenvalue weighted by molar-refractivity contribution is -0.384. The largest absolute Gasteiger partial charge is 0.323 e. The molecular weight excluding hydrogens is 186 g/mol. The molecule has 0 aliphatic carbocycles. The Balaban J connectivity index is 2.94. The molecule has 14 heavy (non-hydrogen) atoms. The van der Waals surface area contributed by atoms with E-state index < -0.39 is 4.92 Å². The number of nitro groups is 1. The summed E-state index contributed by atoms with van der Waals surface area (Å²) in [5.74, 6) is 4.40. The van der Waals surface area contributed by atoms with Crippen LogP contribution in [0.2, 0.25) is 0 Å². The van der Waals surface area contributed by atoms with Crippen LogP contribution in [0.4, 0.5) is 5.69 Å². The third-order valence-electron chi connectivity index (χ3n) is 1.55. The number of Topliss-reactive ketones (excluding diaryl/α,β-unsaturated/α-hetero) is 1. The van der Waals surface area contributed by atoms with Gasteiger partial charge < -0.3 is 5.84 Å². The Morgan fingerprint density at radius 3 is 2.43 bits per heavy atom. The number of nitrogens with two attached hydrogens (primary N) is 1. The van der Waals surface area contributed by atoms with Gasteiger partial charge in [0.2, 0.25) is 5.78 Å². The van der Waals surface area contributed by atoms with Gasteiger partial charge in [-0.15, -0.1) is 0 Å². The molecular formula is C8H7N3O3. The third-order valence-corrected chi connectivity index (χ3v) is 1.55. The maximum absolute atomic E-state index is 11.1. The summed E-state index contributed by atoms with van der Waals surface area (Å²) in [5.41, 5.74) is 0.246. The van der Waals surface area contributed by atoms with E-state index in [4.69, 9.17) is 5.84 Å². The molecule has 0 saturated carbocycles. The number of nitro benzene ring substituents is 1. The van der Waals surface area contributed by atoms with Crippen molar-refractivity contribution in [3.63, 3.8) is 0 Å². The molecule has 0 spiro atoms. The van der Waals surface area contributed by atoms with E-state index in [0.717, 1.165) is 6.21 Å². The van der Waals surface area contributed by atoms with E-state index in [1.807, 2.05) is 0 Å². The summed E-state index contributed by atoms with van der Waals surface area (Å²) in [4.78, 5) is 20.9. The SMILES string of the molecule is N/N=C/C(=O)c1ccc([N+](=O)[O-])cc1. The van der Waals surface area contributed by atoms with Crippen molar-refractivity contribution in [2.24, 2.45) is 10.9 Å². The van der Waals surface area contributed by atoms with Gasteiger partial charge in [-0.05, 0) is 12.1 Å². The van der Waals surface area contributed by atoms with Crippen LogP contribution in [0.15, 0.2) is 29.4 Å². The van der Waals surface area contributed by atoms with Gasteiger partial charge in [0.05, 0.1) is 11.1 Å². The van der Waals surface area contributed by atoms with Gasteiger partial charge in [-0.2, -0.15) is 5.10 Å². The lowest BCUT2D eigenvalue weighted by Crippen LogP contribution is -2.02. The van der Waals surface area contributed by atoms with Crippen LogP contribution in [-0.2, 0) is 0 Å². The molecule has 0 amide bonds. The number of nitrogens with zero attached hydrogens (tertiary/aromatic N) is 2. The molecule has 0 aromatic heterocycles. The van der Waals surface area contributed by atoms with Crippen molar-refractivity contribution in [2.45, 2.75) is 0 Å². The molecule has 0 aliphatic heterocycles. The number of non-ortho nitro benzene ring substituents is 1. The van der Waals surface area contributed by atoms with Crippen molar-refractivity contribution in [3.05, 3.63) is 39.9 Å². The molecule has 0 heterocycles. The van der Waals surface area contributed by atoms with Gasteiger partial charge in [0, 0.05) is 17.7 Å². The molecule has 6 nitrogen and oxygen atoms in total. The number of hydrogen-bond acceptors (Lipinski definition) is 5. The summed E-state index contributed by atoms with van der Waals surface area (Å²) >= 11 is 0. The van der Waals surface area contributed by atoms with Crippen LogP contribution in [0.25, 0.3) is 0 Å². The number of carbonyl (C=O) groups excluding carboxylic acids is 1. The highest BCUT2D eigenvalue weighted by molar-refractivity contribution is 6.35. The fourth-order valence-electron chi connectivity index (χ4n) is 0.890. The van der Waals surface area contributed by atoms with E-state index in [1.54, 1.807) is 0 Å². The number of hydrogen-bond donors (Lipinski definition) is 1. The number of rotatable bonds is 3. The minimum atomic E-state index is -0.536. The number of benzene rings is 1. The quantitative estimate of drug-likeness (QED) is 0.251. The summed E-state index contributed by atoms with van der Waals surface area (Å²) < 4.78 is 0. The molecule has 0 aliphatic rings. The summed E-state index contributed by atoms with van der Waals surface area (Å²) in [6, 6.07) is 5.19. The molecule has 0 unspecified atom stereocenters. The van der Waals surface area contributed by atoms with E-state index in [1.165, 1.54) is 24.3 Å². The highest BCUT2D eigenvalue weighted by Crippen LogP contribution is 2.11. The molecule has 72 valence electrons. The Hall–Kier alpha value is -2.24. The first-order valence-electron chi connectivity index (χ1n) is 3.67. The molecule has 0 radical (unpaired) electrons. The van der Waals surface area contributed by atoms with E-state index in [9.17, 15) is 14.9 Å². The van der Waals surface area contributed by atoms with Gasteiger partial charge in [-0.3, -0.25) is 14.9 Å². The van der Waals surface area contributed by atoms with Gasteiger partial charge in [-0.25, -0.2) is 0 Å². The molecule has 6 heteroatoms. The summed E-state index contributed by atoms with van der Waals surface area (Å²) in [6.45, 7) is 0. The van der Waals surface area contributed by atoms with Crippen LogP contribution in [0.3, 0.4) is 0 Å². The first-order chi connectivity index (χ1) is 6.65. The second-order valence-electron chi connectivity index (χ2n) is 2.45. The Morgan fingerprint density at radius 2 is 2.00 bits per heavy atom. The van der Waals surface area contributed by atoms with E-state index in [-0.39, 0.29) is 11.5 Å². The van der Waals surface area contributed by atoms with Gasteiger partial charge in [0.15, 0.2) is 0 Å². The van der Waals surface area contributed by atoms with Crippen LogP contribution in [0, 0.1) is 10.1 Å². The van der Waals surface area contributed by atoms with Gasteiger partial charge in [-0.1, -0.05) is 0 Å². The fourth-order valence-corrected chi connectivity index (χ4v) is 0.890. The summed E-state index contributed by atoms with van der Waals surface area (Å²) in [7, 11) is 0. The first kappa shape index (κ1) is 9.85. The van der Waals surface area contributed by atoms with Crippen molar-refractivity contribution in [1.29, 1.82) is 0 Å². The van der Waals surface area contributed by atoms with Gasteiger partial charge in [0.25, 0.3) is 5.69 Å². The molecule has 0 saturated heterocycles. The zero-order chi connectivity index (χ0) is 10.6. The molecule has 1 rings (SSSR count). The predicted octanol–water partition coefficient (Wildman–Crippen LogP) is 0.722. The smallest absolute Gasteiger partial charge is 0.269 e. The average molecular weight is 193 g/mol. The zero-order valence-electron chi connectivity index (χ0n) is 7.08. The molecule has 1 aromatic carbocycles. The van der Waals surface area contributed by atoms with E-state index >= 15 is 0 Å². The molecule has 2 N–H and O–H groups in total.